The lowest BCUT2D eigenvalue weighted by Crippen LogP contribution is -2.10. The van der Waals surface area contributed by atoms with Gasteiger partial charge in [-0.2, -0.15) is 0 Å². The van der Waals surface area contributed by atoms with E-state index in [0.29, 0.717) is 11.6 Å². The zero-order valence-electron chi connectivity index (χ0n) is 10.1. The number of H-pyrrole nitrogens is 1. The normalized spacial score (nSPS) is 11.8. The van der Waals surface area contributed by atoms with Crippen molar-refractivity contribution in [1.29, 1.82) is 0 Å². The summed E-state index contributed by atoms with van der Waals surface area (Å²) in [6, 6.07) is 0. The molecule has 0 bridgehead atoms. The van der Waals surface area contributed by atoms with Gasteiger partial charge in [-0.3, -0.25) is 15.1 Å². The largest absolute Gasteiger partial charge is 0.348 e. The number of aryl methyl sites for hydroxylation is 1. The third kappa shape index (κ3) is 5.63. The highest BCUT2D eigenvalue weighted by atomic mass is 79.9. The van der Waals surface area contributed by atoms with E-state index in [1.807, 2.05) is 6.26 Å². The van der Waals surface area contributed by atoms with E-state index in [9.17, 15) is 10.1 Å². The minimum atomic E-state index is -0.350. The molecule has 0 atom stereocenters. The standard InChI is InChI=1S/C10H15BrN4O2S/c1-18-9(6-15(16)17)12-5-3-2-4-8-10(11)14-7-13-8/h7H,2-6H2,1H3,(H,13,14). The van der Waals surface area contributed by atoms with Crippen molar-refractivity contribution < 1.29 is 4.92 Å². The quantitative estimate of drug-likeness (QED) is 0.273. The Balaban J connectivity index is 2.23. The Kier molecular flexibility index (Phi) is 6.96. The highest BCUT2D eigenvalue weighted by Crippen LogP contribution is 2.13. The van der Waals surface area contributed by atoms with Crippen LogP contribution in [-0.2, 0) is 6.42 Å². The second-order valence-corrected chi connectivity index (χ2v) is 5.23. The monoisotopic (exact) mass is 334 g/mol. The first-order chi connectivity index (χ1) is 8.63. The van der Waals surface area contributed by atoms with Crippen LogP contribution in [0.25, 0.3) is 0 Å². The predicted octanol–water partition coefficient (Wildman–Crippen LogP) is 2.53. The van der Waals surface area contributed by atoms with E-state index in [2.05, 4.69) is 30.9 Å². The van der Waals surface area contributed by atoms with Crippen molar-refractivity contribution in [3.05, 3.63) is 26.7 Å². The Morgan fingerprint density at radius 3 is 3.00 bits per heavy atom. The van der Waals surface area contributed by atoms with Crippen molar-refractivity contribution in [2.75, 3.05) is 19.3 Å². The predicted molar refractivity (Wildman–Crippen MR) is 76.9 cm³/mol. The Bertz CT molecular complexity index is 422. The lowest BCUT2D eigenvalue weighted by atomic mass is 10.2. The summed E-state index contributed by atoms with van der Waals surface area (Å²) in [6.45, 7) is 0.461. The maximum absolute atomic E-state index is 10.3. The molecule has 0 aliphatic rings. The summed E-state index contributed by atoms with van der Waals surface area (Å²) in [5.41, 5.74) is 1.08. The molecule has 0 aliphatic carbocycles. The van der Waals surface area contributed by atoms with Crippen molar-refractivity contribution in [2.24, 2.45) is 4.99 Å². The fourth-order valence-electron chi connectivity index (χ4n) is 1.39. The number of aromatic amines is 1. The molecule has 0 amide bonds. The van der Waals surface area contributed by atoms with Crippen LogP contribution >= 0.6 is 27.7 Å². The van der Waals surface area contributed by atoms with E-state index in [1.54, 1.807) is 6.33 Å². The highest BCUT2D eigenvalue weighted by molar-refractivity contribution is 9.10. The van der Waals surface area contributed by atoms with Gasteiger partial charge < -0.3 is 4.98 Å². The topological polar surface area (TPSA) is 84.2 Å². The smallest absolute Gasteiger partial charge is 0.250 e. The molecule has 0 aliphatic heterocycles. The zero-order chi connectivity index (χ0) is 13.4. The molecule has 1 aromatic heterocycles. The Morgan fingerprint density at radius 2 is 2.44 bits per heavy atom. The van der Waals surface area contributed by atoms with E-state index >= 15 is 0 Å². The number of nitrogens with one attached hydrogen (secondary N) is 1. The number of unbranched alkanes of at least 4 members (excludes halogenated alkanes) is 1. The number of imidazole rings is 1. The molecule has 1 N–H and O–H groups in total. The number of thioether (sulfide) groups is 1. The Labute approximate surface area is 118 Å². The van der Waals surface area contributed by atoms with Crippen LogP contribution < -0.4 is 0 Å². The van der Waals surface area contributed by atoms with Gasteiger partial charge in [0, 0.05) is 17.2 Å². The van der Waals surface area contributed by atoms with Crippen LogP contribution in [-0.4, -0.2) is 39.3 Å². The minimum absolute atomic E-state index is 0.173. The summed E-state index contributed by atoms with van der Waals surface area (Å²) in [5.74, 6) is 0. The van der Waals surface area contributed by atoms with Crippen LogP contribution in [0.15, 0.2) is 15.9 Å². The molecule has 0 radical (unpaired) electrons. The molecule has 0 spiro atoms. The van der Waals surface area contributed by atoms with Gasteiger partial charge >= 0.3 is 0 Å². The van der Waals surface area contributed by atoms with Gasteiger partial charge in [0.2, 0.25) is 0 Å². The average molecular weight is 335 g/mol. The Morgan fingerprint density at radius 1 is 1.67 bits per heavy atom. The lowest BCUT2D eigenvalue weighted by molar-refractivity contribution is -0.462. The Hall–Kier alpha value is -0.890. The van der Waals surface area contributed by atoms with Gasteiger partial charge in [-0.05, 0) is 41.4 Å². The number of nitro groups is 1. The molecule has 0 saturated carbocycles. The van der Waals surface area contributed by atoms with Crippen LogP contribution in [0, 0.1) is 10.1 Å². The molecule has 0 saturated heterocycles. The lowest BCUT2D eigenvalue weighted by Gasteiger charge is -1.99. The fraction of sp³-hybridized carbons (Fsp3) is 0.600. The van der Waals surface area contributed by atoms with Gasteiger partial charge in [0.1, 0.15) is 9.65 Å². The molecule has 0 unspecified atom stereocenters. The molecule has 0 aromatic carbocycles. The second-order valence-electron chi connectivity index (χ2n) is 3.60. The second kappa shape index (κ2) is 8.25. The molecule has 1 heterocycles. The van der Waals surface area contributed by atoms with Gasteiger partial charge in [0.15, 0.2) is 0 Å². The van der Waals surface area contributed by atoms with Crippen molar-refractivity contribution in [2.45, 2.75) is 19.3 Å². The summed E-state index contributed by atoms with van der Waals surface area (Å²) in [5, 5.41) is 10.9. The van der Waals surface area contributed by atoms with Crippen molar-refractivity contribution in [1.82, 2.24) is 9.97 Å². The first kappa shape index (κ1) is 15.2. The van der Waals surface area contributed by atoms with Crippen LogP contribution in [0.3, 0.4) is 0 Å². The van der Waals surface area contributed by atoms with Crippen LogP contribution in [0.2, 0.25) is 0 Å². The van der Waals surface area contributed by atoms with E-state index < -0.39 is 0 Å². The van der Waals surface area contributed by atoms with Crippen molar-refractivity contribution in [3.63, 3.8) is 0 Å². The maximum atomic E-state index is 10.3. The molecule has 1 aromatic rings. The third-order valence-electron chi connectivity index (χ3n) is 2.29. The highest BCUT2D eigenvalue weighted by Gasteiger charge is 2.05. The van der Waals surface area contributed by atoms with Gasteiger partial charge in [-0.1, -0.05) is 0 Å². The van der Waals surface area contributed by atoms with E-state index in [0.717, 1.165) is 29.6 Å². The summed E-state index contributed by atoms with van der Waals surface area (Å²) in [7, 11) is 0. The van der Waals surface area contributed by atoms with Gasteiger partial charge in [-0.25, -0.2) is 4.98 Å². The van der Waals surface area contributed by atoms with Gasteiger partial charge in [0.25, 0.3) is 6.54 Å². The minimum Gasteiger partial charge on any atom is -0.348 e. The number of halogens is 1. The SMILES string of the molecule is CSC(C[N+](=O)[O-])=NCCCCc1[nH]cnc1Br. The molecule has 18 heavy (non-hydrogen) atoms. The molecule has 100 valence electrons. The molecule has 1 rings (SSSR count). The first-order valence-electron chi connectivity index (χ1n) is 5.50. The van der Waals surface area contributed by atoms with E-state index in [4.69, 9.17) is 0 Å². The molecule has 8 heteroatoms. The first-order valence-corrected chi connectivity index (χ1v) is 7.52. The molecule has 6 nitrogen and oxygen atoms in total. The van der Waals surface area contributed by atoms with Crippen LogP contribution in [0.1, 0.15) is 18.5 Å². The maximum Gasteiger partial charge on any atom is 0.250 e. The zero-order valence-corrected chi connectivity index (χ0v) is 12.5. The van der Waals surface area contributed by atoms with E-state index in [-0.39, 0.29) is 11.5 Å². The van der Waals surface area contributed by atoms with E-state index in [1.165, 1.54) is 11.8 Å². The third-order valence-corrected chi connectivity index (χ3v) is 3.70. The fourth-order valence-corrected chi connectivity index (χ4v) is 2.26. The summed E-state index contributed by atoms with van der Waals surface area (Å²) in [6.07, 6.45) is 6.25. The number of nitrogens with zero attached hydrogens (tertiary/aromatic N) is 3. The average Bonchev–Trinajstić information content (AvgIpc) is 2.72. The van der Waals surface area contributed by atoms with Gasteiger partial charge in [0.05, 0.1) is 6.33 Å². The van der Waals surface area contributed by atoms with Crippen LogP contribution in [0.5, 0.6) is 0 Å². The van der Waals surface area contributed by atoms with Crippen LogP contribution in [0.4, 0.5) is 0 Å². The summed E-state index contributed by atoms with van der Waals surface area (Å²) in [4.78, 5) is 21.3. The molecular formula is C10H15BrN4O2S. The number of aromatic nitrogens is 2. The van der Waals surface area contributed by atoms with Gasteiger partial charge in [-0.15, -0.1) is 11.8 Å². The number of hydrogen-bond acceptors (Lipinski definition) is 5. The molecular weight excluding hydrogens is 320 g/mol. The van der Waals surface area contributed by atoms with Crippen molar-refractivity contribution in [3.8, 4) is 0 Å². The number of aliphatic imine (C=N–C) groups is 1. The van der Waals surface area contributed by atoms with Crippen molar-refractivity contribution >= 4 is 32.7 Å². The number of hydrogen-bond donors (Lipinski definition) is 1. The summed E-state index contributed by atoms with van der Waals surface area (Å²) < 4.78 is 0.851. The molecule has 0 fully saturated rings. The number of rotatable bonds is 7. The summed E-state index contributed by atoms with van der Waals surface area (Å²) >= 11 is 4.69.